The van der Waals surface area contributed by atoms with Crippen LogP contribution in [0.15, 0.2) is 31.8 Å². The Balaban J connectivity index is 2.06. The van der Waals surface area contributed by atoms with Crippen molar-refractivity contribution in [2.45, 2.75) is 6.92 Å². The standard InChI is InChI=1S/C13H9Br2ClO2S/c1-7-2-3-11(9(16)4-7)18-6-10(17)8-5-12(14)19-13(8)15/h2-5H,6H2,1H3. The van der Waals surface area contributed by atoms with Gasteiger partial charge in [-0.3, -0.25) is 4.79 Å². The summed E-state index contributed by atoms with van der Waals surface area (Å²) in [6, 6.07) is 7.24. The normalized spacial score (nSPS) is 10.5. The molecular formula is C13H9Br2ClO2S. The molecule has 1 aromatic heterocycles. The van der Waals surface area contributed by atoms with E-state index in [1.807, 2.05) is 13.0 Å². The zero-order valence-corrected chi connectivity index (χ0v) is 14.6. The fourth-order valence-electron chi connectivity index (χ4n) is 1.47. The summed E-state index contributed by atoms with van der Waals surface area (Å²) in [5.74, 6) is 0.427. The third kappa shape index (κ3) is 3.81. The molecule has 1 aromatic carbocycles. The van der Waals surface area contributed by atoms with Gasteiger partial charge in [-0.1, -0.05) is 17.7 Å². The highest BCUT2D eigenvalue weighted by molar-refractivity contribution is 9.12. The molecule has 2 aromatic rings. The van der Waals surface area contributed by atoms with E-state index in [9.17, 15) is 4.79 Å². The minimum absolute atomic E-state index is 0.0371. The summed E-state index contributed by atoms with van der Waals surface area (Å²) in [6.45, 7) is 1.91. The molecule has 0 spiro atoms. The third-order valence-electron chi connectivity index (χ3n) is 2.40. The van der Waals surface area contributed by atoms with Crippen LogP contribution in [0, 0.1) is 6.92 Å². The number of carbonyl (C=O) groups is 1. The number of ketones is 1. The Morgan fingerprint density at radius 1 is 1.37 bits per heavy atom. The molecule has 100 valence electrons. The lowest BCUT2D eigenvalue weighted by molar-refractivity contribution is 0.0921. The largest absolute Gasteiger partial charge is 0.484 e. The van der Waals surface area contributed by atoms with Gasteiger partial charge in [0.2, 0.25) is 5.78 Å². The van der Waals surface area contributed by atoms with Crippen LogP contribution in [-0.4, -0.2) is 12.4 Å². The van der Waals surface area contributed by atoms with Gasteiger partial charge in [-0.25, -0.2) is 0 Å². The van der Waals surface area contributed by atoms with Crippen molar-refractivity contribution in [3.05, 3.63) is 48.0 Å². The monoisotopic (exact) mass is 422 g/mol. The average Bonchev–Trinajstić information content (AvgIpc) is 2.67. The predicted octanol–water partition coefficient (Wildman–Crippen LogP) is 5.50. The fourth-order valence-corrected chi connectivity index (χ4v) is 4.62. The van der Waals surface area contributed by atoms with Crippen LogP contribution in [0.5, 0.6) is 5.75 Å². The molecule has 0 aliphatic rings. The summed E-state index contributed by atoms with van der Waals surface area (Å²) in [4.78, 5) is 12.0. The van der Waals surface area contributed by atoms with E-state index >= 15 is 0 Å². The van der Waals surface area contributed by atoms with Crippen molar-refractivity contribution in [2.24, 2.45) is 0 Å². The van der Waals surface area contributed by atoms with Crippen LogP contribution in [0.2, 0.25) is 5.02 Å². The highest BCUT2D eigenvalue weighted by atomic mass is 79.9. The summed E-state index contributed by atoms with van der Waals surface area (Å²) < 4.78 is 7.15. The van der Waals surface area contributed by atoms with Gasteiger partial charge in [0.1, 0.15) is 5.75 Å². The van der Waals surface area contributed by atoms with E-state index in [1.165, 1.54) is 11.3 Å². The summed E-state index contributed by atoms with van der Waals surface area (Å²) in [6.07, 6.45) is 0. The molecule has 0 N–H and O–H groups in total. The second-order valence-electron chi connectivity index (χ2n) is 3.88. The molecule has 2 rings (SSSR count). The summed E-state index contributed by atoms with van der Waals surface area (Å²) in [5.41, 5.74) is 1.66. The van der Waals surface area contributed by atoms with E-state index < -0.39 is 0 Å². The van der Waals surface area contributed by atoms with Gasteiger partial charge in [0.05, 0.1) is 12.6 Å². The van der Waals surface area contributed by atoms with Gasteiger partial charge in [0, 0.05) is 5.56 Å². The first-order valence-corrected chi connectivity index (χ1v) is 8.12. The Morgan fingerprint density at radius 3 is 2.68 bits per heavy atom. The minimum atomic E-state index is -0.0922. The van der Waals surface area contributed by atoms with Gasteiger partial charge in [-0.2, -0.15) is 0 Å². The van der Waals surface area contributed by atoms with Crippen molar-refractivity contribution < 1.29 is 9.53 Å². The average molecular weight is 425 g/mol. The number of carbonyl (C=O) groups excluding carboxylic acids is 1. The number of ether oxygens (including phenoxy) is 1. The number of aryl methyl sites for hydroxylation is 1. The molecule has 6 heteroatoms. The van der Waals surface area contributed by atoms with Gasteiger partial charge >= 0.3 is 0 Å². The van der Waals surface area contributed by atoms with E-state index in [1.54, 1.807) is 18.2 Å². The van der Waals surface area contributed by atoms with Crippen molar-refractivity contribution in [2.75, 3.05) is 6.61 Å². The lowest BCUT2D eigenvalue weighted by Gasteiger charge is -2.07. The molecule has 0 amide bonds. The number of rotatable bonds is 4. The molecule has 19 heavy (non-hydrogen) atoms. The first-order chi connectivity index (χ1) is 8.97. The summed E-state index contributed by atoms with van der Waals surface area (Å²) >= 11 is 14.2. The first kappa shape index (κ1) is 15.0. The van der Waals surface area contributed by atoms with E-state index in [4.69, 9.17) is 16.3 Å². The quantitative estimate of drug-likeness (QED) is 0.606. The first-order valence-electron chi connectivity index (χ1n) is 5.34. The molecule has 0 atom stereocenters. The van der Waals surface area contributed by atoms with Crippen molar-refractivity contribution in [1.29, 1.82) is 0 Å². The Hall–Kier alpha value is -0.360. The molecule has 2 nitrogen and oxygen atoms in total. The second-order valence-corrected chi connectivity index (χ2v) is 8.04. The topological polar surface area (TPSA) is 26.3 Å². The van der Waals surface area contributed by atoms with E-state index in [0.29, 0.717) is 16.3 Å². The van der Waals surface area contributed by atoms with Crippen molar-refractivity contribution in [1.82, 2.24) is 0 Å². The number of halogens is 3. The van der Waals surface area contributed by atoms with Gasteiger partial charge in [0.25, 0.3) is 0 Å². The number of hydrogen-bond acceptors (Lipinski definition) is 3. The van der Waals surface area contributed by atoms with Crippen LogP contribution in [0.25, 0.3) is 0 Å². The van der Waals surface area contributed by atoms with Crippen LogP contribution in [0.1, 0.15) is 15.9 Å². The zero-order chi connectivity index (χ0) is 14.0. The van der Waals surface area contributed by atoms with Crippen LogP contribution >= 0.6 is 54.8 Å². The maximum Gasteiger partial charge on any atom is 0.202 e. The van der Waals surface area contributed by atoms with E-state index in [-0.39, 0.29) is 12.4 Å². The van der Waals surface area contributed by atoms with Crippen molar-refractivity contribution in [3.8, 4) is 5.75 Å². The fraction of sp³-hybridized carbons (Fsp3) is 0.154. The highest BCUT2D eigenvalue weighted by Gasteiger charge is 2.15. The SMILES string of the molecule is Cc1ccc(OCC(=O)c2cc(Br)sc2Br)c(Cl)c1. The molecule has 0 unspecified atom stereocenters. The molecule has 0 aliphatic carbocycles. The molecule has 0 fully saturated rings. The molecule has 0 aliphatic heterocycles. The number of hydrogen-bond donors (Lipinski definition) is 0. The predicted molar refractivity (Wildman–Crippen MR) is 85.7 cm³/mol. The smallest absolute Gasteiger partial charge is 0.202 e. The van der Waals surface area contributed by atoms with Gasteiger partial charge in [-0.15, -0.1) is 11.3 Å². The van der Waals surface area contributed by atoms with Gasteiger partial charge in [-0.05, 0) is 62.5 Å². The number of benzene rings is 1. The molecule has 0 bridgehead atoms. The van der Waals surface area contributed by atoms with Crippen LogP contribution in [-0.2, 0) is 0 Å². The minimum Gasteiger partial charge on any atom is -0.484 e. The second kappa shape index (κ2) is 6.39. The van der Waals surface area contributed by atoms with Crippen LogP contribution in [0.3, 0.4) is 0 Å². The maximum atomic E-state index is 12.0. The lowest BCUT2D eigenvalue weighted by atomic mass is 10.2. The molecule has 1 heterocycles. The number of thiophene rings is 1. The Labute approximate surface area is 137 Å². The van der Waals surface area contributed by atoms with Crippen LogP contribution < -0.4 is 4.74 Å². The van der Waals surface area contributed by atoms with Gasteiger partial charge < -0.3 is 4.74 Å². The molecule has 0 saturated heterocycles. The third-order valence-corrected chi connectivity index (χ3v) is 5.04. The Morgan fingerprint density at radius 2 is 2.11 bits per heavy atom. The van der Waals surface area contributed by atoms with Crippen molar-refractivity contribution in [3.63, 3.8) is 0 Å². The van der Waals surface area contributed by atoms with Crippen LogP contribution in [0.4, 0.5) is 0 Å². The summed E-state index contributed by atoms with van der Waals surface area (Å²) in [5, 5.41) is 0.512. The zero-order valence-electron chi connectivity index (χ0n) is 9.88. The highest BCUT2D eigenvalue weighted by Crippen LogP contribution is 2.32. The Bertz CT molecular complexity index is 625. The van der Waals surface area contributed by atoms with E-state index in [0.717, 1.165) is 13.1 Å². The lowest BCUT2D eigenvalue weighted by Crippen LogP contribution is -2.11. The molecule has 0 saturated carbocycles. The molecule has 0 radical (unpaired) electrons. The van der Waals surface area contributed by atoms with Crippen molar-refractivity contribution >= 4 is 60.6 Å². The maximum absolute atomic E-state index is 12.0. The van der Waals surface area contributed by atoms with Gasteiger partial charge in [0.15, 0.2) is 6.61 Å². The Kier molecular flexibility index (Phi) is 5.06. The summed E-state index contributed by atoms with van der Waals surface area (Å²) in [7, 11) is 0. The number of Topliss-reactive ketones (excluding diaryl/α,β-unsaturated/α-hetero) is 1. The van der Waals surface area contributed by atoms with E-state index in [2.05, 4.69) is 31.9 Å². The molecular weight excluding hydrogens is 415 g/mol.